The average molecular weight is 520 g/mol. The summed E-state index contributed by atoms with van der Waals surface area (Å²) in [5.74, 6) is 0.819. The van der Waals surface area contributed by atoms with E-state index >= 15 is 0 Å². The number of nitrogens with one attached hydrogen (secondary N) is 2. The molecule has 1 saturated heterocycles. The van der Waals surface area contributed by atoms with Gasteiger partial charge in [-0.3, -0.25) is 19.9 Å². The van der Waals surface area contributed by atoms with Crippen LogP contribution in [0.5, 0.6) is 0 Å². The first-order chi connectivity index (χ1) is 18.6. The normalized spacial score (nSPS) is 19.4. The first-order valence-electron chi connectivity index (χ1n) is 13.2. The summed E-state index contributed by atoms with van der Waals surface area (Å²) in [5, 5.41) is 15.5. The maximum atomic E-state index is 13.3. The van der Waals surface area contributed by atoms with Gasteiger partial charge in [0.05, 0.1) is 37.2 Å². The minimum Gasteiger partial charge on any atom is -0.382 e. The van der Waals surface area contributed by atoms with Crippen molar-refractivity contribution in [3.63, 3.8) is 0 Å². The fourth-order valence-corrected chi connectivity index (χ4v) is 4.78. The zero-order valence-corrected chi connectivity index (χ0v) is 21.6. The third kappa shape index (κ3) is 6.10. The van der Waals surface area contributed by atoms with Crippen molar-refractivity contribution in [3.05, 3.63) is 40.7 Å². The summed E-state index contributed by atoms with van der Waals surface area (Å²) in [7, 11) is 0. The molecule has 1 aliphatic carbocycles. The highest BCUT2D eigenvalue weighted by Crippen LogP contribution is 2.29. The number of carbonyl (C=O) groups excluding carboxylic acids is 2. The van der Waals surface area contributed by atoms with Crippen molar-refractivity contribution in [2.75, 3.05) is 55.0 Å². The summed E-state index contributed by atoms with van der Waals surface area (Å²) < 4.78 is 11.2. The van der Waals surface area contributed by atoms with Crippen LogP contribution in [0.2, 0.25) is 0 Å². The number of fused-ring (bicyclic) bond motifs is 1. The van der Waals surface area contributed by atoms with Crippen molar-refractivity contribution in [2.45, 2.75) is 51.3 Å². The number of ether oxygens (including phenoxy) is 2. The minimum atomic E-state index is -0.384. The first kappa shape index (κ1) is 26.0. The molecule has 11 nitrogen and oxygen atoms in total. The summed E-state index contributed by atoms with van der Waals surface area (Å²) in [6, 6.07) is 5.66. The molecule has 4 heterocycles. The van der Waals surface area contributed by atoms with Crippen molar-refractivity contribution in [1.29, 1.82) is 5.26 Å². The zero-order chi connectivity index (χ0) is 26.5. The molecule has 1 saturated carbocycles. The molecule has 38 heavy (non-hydrogen) atoms. The summed E-state index contributed by atoms with van der Waals surface area (Å²) >= 11 is 0. The van der Waals surface area contributed by atoms with Gasteiger partial charge in [0, 0.05) is 44.5 Å². The molecule has 2 aliphatic heterocycles. The highest BCUT2D eigenvalue weighted by molar-refractivity contribution is 6.01. The lowest BCUT2D eigenvalue weighted by Crippen LogP contribution is -2.43. The predicted octanol–water partition coefficient (Wildman–Crippen LogP) is 2.96. The number of morpholine rings is 1. The number of nitriles is 1. The molecular weight excluding hydrogens is 486 g/mol. The van der Waals surface area contributed by atoms with Crippen molar-refractivity contribution in [1.82, 2.24) is 14.9 Å². The summed E-state index contributed by atoms with van der Waals surface area (Å²) in [6.45, 7) is 6.42. The number of pyridine rings is 2. The van der Waals surface area contributed by atoms with Crippen molar-refractivity contribution < 1.29 is 19.1 Å². The van der Waals surface area contributed by atoms with E-state index in [0.717, 1.165) is 49.6 Å². The number of aromatic nitrogens is 2. The van der Waals surface area contributed by atoms with E-state index in [4.69, 9.17) is 9.47 Å². The van der Waals surface area contributed by atoms with Crippen molar-refractivity contribution in [3.8, 4) is 6.07 Å². The second-order valence-corrected chi connectivity index (χ2v) is 9.94. The van der Waals surface area contributed by atoms with E-state index in [-0.39, 0.29) is 12.1 Å². The summed E-state index contributed by atoms with van der Waals surface area (Å²) in [5.41, 5.74) is 3.12. The van der Waals surface area contributed by atoms with Crippen LogP contribution in [-0.4, -0.2) is 78.8 Å². The number of hydrogen-bond acceptors (Lipinski definition) is 9. The third-order valence-corrected chi connectivity index (χ3v) is 7.06. The Balaban J connectivity index is 1.30. The van der Waals surface area contributed by atoms with Crippen LogP contribution in [-0.2, 0) is 22.4 Å². The van der Waals surface area contributed by atoms with Crippen LogP contribution in [0.4, 0.5) is 22.1 Å². The van der Waals surface area contributed by atoms with Crippen molar-refractivity contribution >= 4 is 29.6 Å². The second kappa shape index (κ2) is 11.9. The number of amides is 2. The van der Waals surface area contributed by atoms with E-state index < -0.39 is 0 Å². The maximum absolute atomic E-state index is 13.3. The van der Waals surface area contributed by atoms with E-state index in [9.17, 15) is 14.9 Å². The van der Waals surface area contributed by atoms with Crippen LogP contribution < -0.4 is 15.5 Å². The number of carbonyl (C=O) groups is 2. The number of hydrogen-bond donors (Lipinski definition) is 2. The quantitative estimate of drug-likeness (QED) is 0.379. The van der Waals surface area contributed by atoms with Gasteiger partial charge in [-0.25, -0.2) is 14.8 Å². The number of aryl methyl sites for hydroxylation is 1. The Bertz CT molecular complexity index is 1230. The SMILES string of the molecule is CC1COCCN1Cc1cc2c(nc1C=O)N(C(=O)Nc1cc(NCCOC3CC3)c(C#N)cn1)CCC2. The second-order valence-electron chi connectivity index (χ2n) is 9.94. The third-order valence-electron chi connectivity index (χ3n) is 7.06. The van der Waals surface area contributed by atoms with Gasteiger partial charge in [-0.2, -0.15) is 5.26 Å². The highest BCUT2D eigenvalue weighted by atomic mass is 16.5. The molecule has 2 N–H and O–H groups in total. The van der Waals surface area contributed by atoms with Gasteiger partial charge in [0.25, 0.3) is 0 Å². The van der Waals surface area contributed by atoms with Crippen LogP contribution in [0.1, 0.15) is 53.4 Å². The smallest absolute Gasteiger partial charge is 0.328 e. The molecule has 11 heteroatoms. The Morgan fingerprint density at radius 2 is 2.21 bits per heavy atom. The molecule has 200 valence electrons. The van der Waals surface area contributed by atoms with Gasteiger partial charge < -0.3 is 14.8 Å². The Morgan fingerprint density at radius 3 is 2.97 bits per heavy atom. The first-order valence-corrected chi connectivity index (χ1v) is 13.2. The van der Waals surface area contributed by atoms with E-state index in [1.165, 1.54) is 6.20 Å². The molecule has 0 radical (unpaired) electrons. The highest BCUT2D eigenvalue weighted by Gasteiger charge is 2.28. The minimum absolute atomic E-state index is 0.256. The fourth-order valence-electron chi connectivity index (χ4n) is 4.78. The molecule has 0 bridgehead atoms. The number of aldehydes is 1. The molecule has 2 aromatic rings. The van der Waals surface area contributed by atoms with Gasteiger partial charge >= 0.3 is 6.03 Å². The molecule has 2 aromatic heterocycles. The molecule has 1 atom stereocenters. The van der Waals surface area contributed by atoms with Gasteiger partial charge in [-0.05, 0) is 49.8 Å². The van der Waals surface area contributed by atoms with E-state index in [1.807, 2.05) is 6.07 Å². The number of nitrogens with zero attached hydrogens (tertiary/aromatic N) is 5. The van der Waals surface area contributed by atoms with Gasteiger partial charge in [0.15, 0.2) is 6.29 Å². The standard InChI is InChI=1S/C27H33N7O4/c1-18-17-37-10-8-33(18)15-20-11-19-3-2-7-34(26(19)31-24(20)16-35)27(36)32-25-12-23(21(13-28)14-30-25)29-6-9-38-22-4-5-22/h11-12,14,16,18,22H,2-10,15,17H2,1H3,(H2,29,30,32,36). The van der Waals surface area contributed by atoms with Gasteiger partial charge in [-0.1, -0.05) is 0 Å². The lowest BCUT2D eigenvalue weighted by atomic mass is 10.0. The molecule has 1 unspecified atom stereocenters. The number of urea groups is 1. The van der Waals surface area contributed by atoms with Gasteiger partial charge in [0.2, 0.25) is 0 Å². The lowest BCUT2D eigenvalue weighted by molar-refractivity contribution is -0.00448. The summed E-state index contributed by atoms with van der Waals surface area (Å²) in [4.78, 5) is 38.0. The lowest BCUT2D eigenvalue weighted by Gasteiger charge is -2.34. The van der Waals surface area contributed by atoms with Crippen molar-refractivity contribution in [2.24, 2.45) is 0 Å². The molecule has 0 aromatic carbocycles. The van der Waals surface area contributed by atoms with Crippen LogP contribution >= 0.6 is 0 Å². The number of rotatable bonds is 9. The van der Waals surface area contributed by atoms with E-state index in [2.05, 4.69) is 38.5 Å². The monoisotopic (exact) mass is 519 g/mol. The average Bonchev–Trinajstić information content (AvgIpc) is 3.76. The molecular formula is C27H33N7O4. The Morgan fingerprint density at radius 1 is 1.34 bits per heavy atom. The van der Waals surface area contributed by atoms with Crippen LogP contribution in [0, 0.1) is 11.3 Å². The largest absolute Gasteiger partial charge is 0.382 e. The van der Waals surface area contributed by atoms with Crippen LogP contribution in [0.25, 0.3) is 0 Å². The van der Waals surface area contributed by atoms with E-state index in [0.29, 0.717) is 74.1 Å². The topological polar surface area (TPSA) is 133 Å². The predicted molar refractivity (Wildman–Crippen MR) is 141 cm³/mol. The zero-order valence-electron chi connectivity index (χ0n) is 21.6. The molecule has 5 rings (SSSR count). The molecule has 3 aliphatic rings. The molecule has 2 fully saturated rings. The number of anilines is 3. The Kier molecular flexibility index (Phi) is 8.12. The fraction of sp³-hybridized carbons (Fsp3) is 0.519. The van der Waals surface area contributed by atoms with Crippen LogP contribution in [0.3, 0.4) is 0 Å². The molecule has 0 spiro atoms. The molecule has 2 amide bonds. The van der Waals surface area contributed by atoms with Gasteiger partial charge in [-0.15, -0.1) is 0 Å². The Hall–Kier alpha value is -3.59. The maximum Gasteiger partial charge on any atom is 0.328 e. The Labute approximate surface area is 222 Å². The van der Waals surface area contributed by atoms with Gasteiger partial charge in [0.1, 0.15) is 23.4 Å². The summed E-state index contributed by atoms with van der Waals surface area (Å²) in [6.07, 6.45) is 6.33. The van der Waals surface area contributed by atoms with Crippen LogP contribution in [0.15, 0.2) is 18.3 Å². The van der Waals surface area contributed by atoms with E-state index in [1.54, 1.807) is 11.0 Å².